The summed E-state index contributed by atoms with van der Waals surface area (Å²) < 4.78 is 16.8. The molecule has 0 aliphatic heterocycles. The van der Waals surface area contributed by atoms with Crippen LogP contribution in [0.1, 0.15) is 245 Å². The van der Waals surface area contributed by atoms with Crippen molar-refractivity contribution in [3.05, 3.63) is 194 Å². The Morgan fingerprint density at radius 2 is 0.488 bits per heavy atom. The number of esters is 3. The van der Waals surface area contributed by atoms with Gasteiger partial charge in [-0.05, 0) is 161 Å². The molecule has 0 saturated carbocycles. The molecule has 0 amide bonds. The molecule has 0 fully saturated rings. The first kappa shape index (κ1) is 76.2. The molecule has 0 aromatic carbocycles. The van der Waals surface area contributed by atoms with Crippen molar-refractivity contribution in [3.8, 4) is 0 Å². The SMILES string of the molecule is CC/C=C\C/C=C\C/C=C\C/C=C\C/C=C\C/C=C\C/C=C\C/C=C\C/C=C\C/C=C\CCCCCCC(=O)OCC(COC(=O)CCCCCCC/C=C\CCCCC)OC(=O)CCC/C=C\C/C=C\C/C=C\C/C=C\C/C=C\CC. The van der Waals surface area contributed by atoms with Gasteiger partial charge in [0.05, 0.1) is 0 Å². The molecular formula is C76H116O6. The summed E-state index contributed by atoms with van der Waals surface area (Å²) in [6, 6.07) is 0. The Hall–Kier alpha value is -5.75. The van der Waals surface area contributed by atoms with Gasteiger partial charge in [-0.25, -0.2) is 0 Å². The van der Waals surface area contributed by atoms with Gasteiger partial charge in [-0.1, -0.05) is 260 Å². The van der Waals surface area contributed by atoms with Crippen molar-refractivity contribution in [1.29, 1.82) is 0 Å². The van der Waals surface area contributed by atoms with Crippen LogP contribution in [-0.4, -0.2) is 37.2 Å². The van der Waals surface area contributed by atoms with Crippen molar-refractivity contribution in [2.75, 3.05) is 13.2 Å². The summed E-state index contributed by atoms with van der Waals surface area (Å²) in [5, 5.41) is 0. The zero-order valence-corrected chi connectivity index (χ0v) is 52.2. The molecule has 0 aliphatic rings. The Bertz CT molecular complexity index is 1970. The van der Waals surface area contributed by atoms with Crippen molar-refractivity contribution in [2.24, 2.45) is 0 Å². The summed E-state index contributed by atoms with van der Waals surface area (Å²) in [6.07, 6.45) is 103. The number of rotatable bonds is 56. The van der Waals surface area contributed by atoms with E-state index in [1.54, 1.807) is 0 Å². The van der Waals surface area contributed by atoms with Gasteiger partial charge in [0.15, 0.2) is 6.10 Å². The first-order valence-corrected chi connectivity index (χ1v) is 32.4. The van der Waals surface area contributed by atoms with Gasteiger partial charge in [0.2, 0.25) is 0 Å². The van der Waals surface area contributed by atoms with Crippen LogP contribution in [0.15, 0.2) is 194 Å². The van der Waals surface area contributed by atoms with E-state index in [2.05, 4.69) is 215 Å². The molecule has 0 aromatic heterocycles. The fraction of sp³-hybridized carbons (Fsp3) is 0.539. The van der Waals surface area contributed by atoms with Crippen LogP contribution in [0.2, 0.25) is 0 Å². The van der Waals surface area contributed by atoms with Crippen molar-refractivity contribution in [2.45, 2.75) is 252 Å². The van der Waals surface area contributed by atoms with E-state index >= 15 is 0 Å². The molecule has 0 saturated heterocycles. The van der Waals surface area contributed by atoms with Gasteiger partial charge in [0.1, 0.15) is 13.2 Å². The molecule has 456 valence electrons. The molecule has 0 N–H and O–H groups in total. The summed E-state index contributed by atoms with van der Waals surface area (Å²) in [5.74, 6) is -1.03. The number of hydrogen-bond acceptors (Lipinski definition) is 6. The number of allylic oxidation sites excluding steroid dienone is 32. The minimum atomic E-state index is -0.833. The third-order valence-electron chi connectivity index (χ3n) is 12.8. The van der Waals surface area contributed by atoms with Gasteiger partial charge in [-0.15, -0.1) is 0 Å². The van der Waals surface area contributed by atoms with E-state index in [4.69, 9.17) is 14.2 Å². The molecule has 0 spiro atoms. The highest BCUT2D eigenvalue weighted by molar-refractivity contribution is 5.71. The number of carbonyl (C=O) groups is 3. The van der Waals surface area contributed by atoms with E-state index in [0.29, 0.717) is 19.3 Å². The van der Waals surface area contributed by atoms with Crippen LogP contribution in [0.4, 0.5) is 0 Å². The normalized spacial score (nSPS) is 13.5. The quantitative estimate of drug-likeness (QED) is 0.0261. The Labute approximate surface area is 503 Å². The molecule has 0 aliphatic carbocycles. The molecule has 6 heteroatoms. The predicted octanol–water partition coefficient (Wildman–Crippen LogP) is 22.6. The monoisotopic (exact) mass is 1120 g/mol. The Morgan fingerprint density at radius 1 is 0.256 bits per heavy atom. The number of unbranched alkanes of at least 4 members (excludes halogenated alkanes) is 13. The van der Waals surface area contributed by atoms with E-state index in [1.807, 2.05) is 0 Å². The standard InChI is InChI=1S/C76H116O6/c1-4-7-10-13-16-19-22-25-27-29-30-31-32-33-34-35-36-37-38-39-40-41-42-43-44-45-46-48-49-51-54-57-60-63-66-69-75(78)81-72-73(71-80-74(77)68-65-62-59-56-53-24-21-18-15-12-9-6-3)82-76(79)70-67-64-61-58-55-52-50-47-28-26-23-20-17-14-11-8-5-2/h7-8,10-11,16-21,25-28,30-31,33-34,36-37,39-40,42-43,45-46,49-52,58,61,73H,4-6,9,12-15,22-24,29,32,35,38,41,44,47-48,53-57,59-60,62-72H2,1-3H3/b10-7-,11-8-,19-16-,20-17-,21-18-,27-25-,28-26-,31-30-,34-33-,37-36-,40-39-,43-42-,46-45-,51-49-,52-50-,61-58-. The summed E-state index contributed by atoms with van der Waals surface area (Å²) in [7, 11) is 0. The lowest BCUT2D eigenvalue weighted by atomic mass is 10.1. The predicted molar refractivity (Wildman–Crippen MR) is 357 cm³/mol. The molecule has 6 nitrogen and oxygen atoms in total. The van der Waals surface area contributed by atoms with E-state index in [0.717, 1.165) is 167 Å². The first-order chi connectivity index (χ1) is 40.5. The smallest absolute Gasteiger partial charge is 0.306 e. The second-order valence-electron chi connectivity index (χ2n) is 20.5. The molecule has 0 bridgehead atoms. The highest BCUT2D eigenvalue weighted by Gasteiger charge is 2.19. The van der Waals surface area contributed by atoms with Gasteiger partial charge in [-0.3, -0.25) is 14.4 Å². The largest absolute Gasteiger partial charge is 0.462 e. The fourth-order valence-corrected chi connectivity index (χ4v) is 8.03. The first-order valence-electron chi connectivity index (χ1n) is 32.4. The maximum atomic E-state index is 12.9. The van der Waals surface area contributed by atoms with Gasteiger partial charge in [-0.2, -0.15) is 0 Å². The van der Waals surface area contributed by atoms with Crippen molar-refractivity contribution < 1.29 is 28.6 Å². The summed E-state index contributed by atoms with van der Waals surface area (Å²) >= 11 is 0. The maximum absolute atomic E-state index is 12.9. The van der Waals surface area contributed by atoms with E-state index in [9.17, 15) is 14.4 Å². The minimum absolute atomic E-state index is 0.122. The molecule has 0 heterocycles. The van der Waals surface area contributed by atoms with Crippen molar-refractivity contribution in [1.82, 2.24) is 0 Å². The average molecular weight is 1130 g/mol. The highest BCUT2D eigenvalue weighted by Crippen LogP contribution is 2.12. The van der Waals surface area contributed by atoms with Crippen LogP contribution < -0.4 is 0 Å². The topological polar surface area (TPSA) is 78.9 Å². The number of carbonyl (C=O) groups excluding carboxylic acids is 3. The second-order valence-corrected chi connectivity index (χ2v) is 20.5. The molecule has 0 radical (unpaired) electrons. The molecule has 1 unspecified atom stereocenters. The lowest BCUT2D eigenvalue weighted by Crippen LogP contribution is -2.30. The lowest BCUT2D eigenvalue weighted by molar-refractivity contribution is -0.167. The van der Waals surface area contributed by atoms with Crippen LogP contribution in [-0.2, 0) is 28.6 Å². The summed E-state index contributed by atoms with van der Waals surface area (Å²) in [4.78, 5) is 38.2. The van der Waals surface area contributed by atoms with E-state index < -0.39 is 6.10 Å². The van der Waals surface area contributed by atoms with Crippen LogP contribution in [0.5, 0.6) is 0 Å². The minimum Gasteiger partial charge on any atom is -0.462 e. The zero-order chi connectivity index (χ0) is 59.2. The number of hydrogen-bond donors (Lipinski definition) is 0. The summed E-state index contributed by atoms with van der Waals surface area (Å²) in [5.41, 5.74) is 0. The van der Waals surface area contributed by atoms with E-state index in [-0.39, 0.29) is 37.5 Å². The lowest BCUT2D eigenvalue weighted by Gasteiger charge is -2.18. The molecule has 0 aromatic rings. The van der Waals surface area contributed by atoms with Gasteiger partial charge < -0.3 is 14.2 Å². The number of ether oxygens (including phenoxy) is 3. The van der Waals surface area contributed by atoms with Gasteiger partial charge in [0, 0.05) is 19.3 Å². The zero-order valence-electron chi connectivity index (χ0n) is 52.2. The third-order valence-corrected chi connectivity index (χ3v) is 12.8. The molecule has 82 heavy (non-hydrogen) atoms. The second kappa shape index (κ2) is 67.8. The van der Waals surface area contributed by atoms with Crippen molar-refractivity contribution in [3.63, 3.8) is 0 Å². The van der Waals surface area contributed by atoms with Crippen LogP contribution in [0.3, 0.4) is 0 Å². The van der Waals surface area contributed by atoms with Crippen LogP contribution in [0, 0.1) is 0 Å². The highest BCUT2D eigenvalue weighted by atomic mass is 16.6. The van der Waals surface area contributed by atoms with Gasteiger partial charge >= 0.3 is 17.9 Å². The summed E-state index contributed by atoms with van der Waals surface area (Å²) in [6.45, 7) is 6.29. The molecule has 0 rings (SSSR count). The third kappa shape index (κ3) is 65.1. The van der Waals surface area contributed by atoms with E-state index in [1.165, 1.54) is 32.1 Å². The molecule has 1 atom stereocenters. The Balaban J connectivity index is 4.40. The van der Waals surface area contributed by atoms with Crippen molar-refractivity contribution >= 4 is 17.9 Å². The Morgan fingerprint density at radius 3 is 0.793 bits per heavy atom. The van der Waals surface area contributed by atoms with Crippen LogP contribution >= 0.6 is 0 Å². The Kier molecular flexibility index (Phi) is 63.0. The van der Waals surface area contributed by atoms with Gasteiger partial charge in [0.25, 0.3) is 0 Å². The maximum Gasteiger partial charge on any atom is 0.306 e. The average Bonchev–Trinajstić information content (AvgIpc) is 3.47. The van der Waals surface area contributed by atoms with Crippen LogP contribution in [0.25, 0.3) is 0 Å². The molecular weight excluding hydrogens is 1010 g/mol. The fourth-order valence-electron chi connectivity index (χ4n) is 8.03.